The molecule has 0 amide bonds. The summed E-state index contributed by atoms with van der Waals surface area (Å²) >= 11 is 0. The molecule has 0 atom stereocenters. The van der Waals surface area contributed by atoms with Crippen LogP contribution in [0.25, 0.3) is 0 Å². The zero-order chi connectivity index (χ0) is 14.1. The van der Waals surface area contributed by atoms with Crippen molar-refractivity contribution < 1.29 is 14.6 Å². The molecule has 2 aromatic rings. The third-order valence-corrected chi connectivity index (χ3v) is 3.07. The van der Waals surface area contributed by atoms with E-state index in [4.69, 9.17) is 9.84 Å². The molecule has 1 saturated carbocycles. The molecule has 1 aliphatic rings. The van der Waals surface area contributed by atoms with Crippen LogP contribution >= 0.6 is 0 Å². The first-order chi connectivity index (χ1) is 9.65. The van der Waals surface area contributed by atoms with Crippen molar-refractivity contribution in [2.75, 3.05) is 0 Å². The van der Waals surface area contributed by atoms with Gasteiger partial charge in [-0.05, 0) is 31.0 Å². The maximum atomic E-state index is 12.1. The Morgan fingerprint density at radius 2 is 2.20 bits per heavy atom. The molecule has 0 aliphatic heterocycles. The Balaban J connectivity index is 1.91. The maximum Gasteiger partial charge on any atom is 0.335 e. The predicted molar refractivity (Wildman–Crippen MR) is 70.2 cm³/mol. The summed E-state index contributed by atoms with van der Waals surface area (Å²) in [6.07, 6.45) is 5.12. The number of carbonyl (C=O) groups is 1. The molecule has 1 N–H and O–H groups in total. The van der Waals surface area contributed by atoms with Gasteiger partial charge in [0.15, 0.2) is 0 Å². The minimum atomic E-state index is -1.05. The molecule has 1 heterocycles. The summed E-state index contributed by atoms with van der Waals surface area (Å²) in [7, 11) is 0. The Labute approximate surface area is 114 Å². The molecule has 1 aromatic heterocycles. The highest BCUT2D eigenvalue weighted by Gasteiger charge is 2.25. The molecule has 1 fully saturated rings. The topological polar surface area (TPSA) is 81.4 Å². The number of carboxylic acids is 1. The summed E-state index contributed by atoms with van der Waals surface area (Å²) in [4.78, 5) is 26.9. The van der Waals surface area contributed by atoms with Crippen LogP contribution < -0.4 is 10.3 Å². The van der Waals surface area contributed by atoms with Crippen molar-refractivity contribution in [2.24, 2.45) is 0 Å². The zero-order valence-corrected chi connectivity index (χ0v) is 10.5. The van der Waals surface area contributed by atoms with Gasteiger partial charge in [0.05, 0.1) is 5.56 Å². The van der Waals surface area contributed by atoms with Gasteiger partial charge in [-0.1, -0.05) is 6.07 Å². The number of nitrogens with zero attached hydrogens (tertiary/aromatic N) is 2. The van der Waals surface area contributed by atoms with Crippen LogP contribution in [0.15, 0.2) is 41.5 Å². The number of carboxylic acid groups (broad SMARTS) is 1. The number of rotatable bonds is 4. The van der Waals surface area contributed by atoms with Crippen molar-refractivity contribution in [3.05, 3.63) is 52.6 Å². The van der Waals surface area contributed by atoms with E-state index < -0.39 is 5.97 Å². The molecule has 0 unspecified atom stereocenters. The molecule has 1 aliphatic carbocycles. The third kappa shape index (κ3) is 2.40. The Hall–Kier alpha value is -2.63. The first-order valence-electron chi connectivity index (χ1n) is 6.23. The predicted octanol–water partition coefficient (Wildman–Crippen LogP) is 2.07. The molecule has 102 valence electrons. The van der Waals surface area contributed by atoms with Gasteiger partial charge in [0.2, 0.25) is 0 Å². The van der Waals surface area contributed by atoms with E-state index in [9.17, 15) is 9.59 Å². The van der Waals surface area contributed by atoms with E-state index in [1.165, 1.54) is 18.3 Å². The summed E-state index contributed by atoms with van der Waals surface area (Å²) in [5, 5.41) is 8.92. The standard InChI is InChI=1S/C14H12N2O4/c17-13-12(15-6-7-16(13)10-4-5-10)20-11-3-1-2-9(8-11)14(18)19/h1-3,6-8,10H,4-5H2,(H,18,19). The van der Waals surface area contributed by atoms with E-state index in [1.807, 2.05) is 0 Å². The Morgan fingerprint density at radius 1 is 1.40 bits per heavy atom. The molecule has 0 saturated heterocycles. The number of ether oxygens (including phenoxy) is 1. The first-order valence-corrected chi connectivity index (χ1v) is 6.23. The van der Waals surface area contributed by atoms with E-state index in [0.717, 1.165) is 12.8 Å². The van der Waals surface area contributed by atoms with Crippen molar-refractivity contribution in [3.63, 3.8) is 0 Å². The average molecular weight is 272 g/mol. The SMILES string of the molecule is O=C(O)c1cccc(Oc2nccn(C3CC3)c2=O)c1. The van der Waals surface area contributed by atoms with Crippen molar-refractivity contribution in [1.29, 1.82) is 0 Å². The lowest BCUT2D eigenvalue weighted by Gasteiger charge is -2.07. The largest absolute Gasteiger partial charge is 0.478 e. The minimum absolute atomic E-state index is 0.0399. The van der Waals surface area contributed by atoms with Crippen LogP contribution in [0.2, 0.25) is 0 Å². The molecule has 0 radical (unpaired) electrons. The number of benzene rings is 1. The van der Waals surface area contributed by atoms with Crippen LogP contribution in [0.3, 0.4) is 0 Å². The monoisotopic (exact) mass is 272 g/mol. The number of hydrogen-bond donors (Lipinski definition) is 1. The number of hydrogen-bond acceptors (Lipinski definition) is 4. The van der Waals surface area contributed by atoms with E-state index in [2.05, 4.69) is 4.98 Å². The first kappa shape index (κ1) is 12.4. The zero-order valence-electron chi connectivity index (χ0n) is 10.5. The molecule has 20 heavy (non-hydrogen) atoms. The van der Waals surface area contributed by atoms with Crippen LogP contribution in [0.5, 0.6) is 11.6 Å². The normalized spacial score (nSPS) is 14.0. The van der Waals surface area contributed by atoms with Gasteiger partial charge in [0.1, 0.15) is 5.75 Å². The van der Waals surface area contributed by atoms with Crippen LogP contribution in [0.4, 0.5) is 0 Å². The van der Waals surface area contributed by atoms with Crippen molar-refractivity contribution in [1.82, 2.24) is 9.55 Å². The second kappa shape index (κ2) is 4.80. The smallest absolute Gasteiger partial charge is 0.335 e. The van der Waals surface area contributed by atoms with Crippen LogP contribution in [0.1, 0.15) is 29.2 Å². The van der Waals surface area contributed by atoms with E-state index >= 15 is 0 Å². The molecule has 0 spiro atoms. The molecule has 1 aromatic carbocycles. The van der Waals surface area contributed by atoms with Gasteiger partial charge in [-0.3, -0.25) is 4.79 Å². The lowest BCUT2D eigenvalue weighted by molar-refractivity contribution is 0.0696. The Kier molecular flexibility index (Phi) is 2.98. The van der Waals surface area contributed by atoms with Gasteiger partial charge < -0.3 is 14.4 Å². The van der Waals surface area contributed by atoms with Gasteiger partial charge in [-0.15, -0.1) is 0 Å². The molecule has 6 heteroatoms. The summed E-state index contributed by atoms with van der Waals surface area (Å²) in [6, 6.07) is 6.19. The lowest BCUT2D eigenvalue weighted by atomic mass is 10.2. The van der Waals surface area contributed by atoms with Crippen LogP contribution in [-0.2, 0) is 0 Å². The lowest BCUT2D eigenvalue weighted by Crippen LogP contribution is -2.20. The van der Waals surface area contributed by atoms with Gasteiger partial charge in [0, 0.05) is 18.4 Å². The molecular weight excluding hydrogens is 260 g/mol. The fourth-order valence-corrected chi connectivity index (χ4v) is 1.92. The number of aromatic carboxylic acids is 1. The van der Waals surface area contributed by atoms with Crippen LogP contribution in [0, 0.1) is 0 Å². The third-order valence-electron chi connectivity index (χ3n) is 3.07. The van der Waals surface area contributed by atoms with Gasteiger partial charge in [-0.25, -0.2) is 9.78 Å². The fourth-order valence-electron chi connectivity index (χ4n) is 1.92. The van der Waals surface area contributed by atoms with Crippen LogP contribution in [-0.4, -0.2) is 20.6 Å². The van der Waals surface area contributed by atoms with Gasteiger partial charge in [0.25, 0.3) is 5.88 Å². The second-order valence-electron chi connectivity index (χ2n) is 4.61. The summed E-state index contributed by atoms with van der Waals surface area (Å²) in [5.41, 5.74) is -0.198. The number of aromatic nitrogens is 2. The van der Waals surface area contributed by atoms with E-state index in [-0.39, 0.29) is 28.8 Å². The highest BCUT2D eigenvalue weighted by Crippen LogP contribution is 2.33. The summed E-state index contributed by atoms with van der Waals surface area (Å²) in [6.45, 7) is 0. The van der Waals surface area contributed by atoms with Gasteiger partial charge in [-0.2, -0.15) is 0 Å². The second-order valence-corrected chi connectivity index (χ2v) is 4.61. The Bertz CT molecular complexity index is 719. The highest BCUT2D eigenvalue weighted by molar-refractivity contribution is 5.88. The Morgan fingerprint density at radius 3 is 2.90 bits per heavy atom. The van der Waals surface area contributed by atoms with Gasteiger partial charge >= 0.3 is 11.5 Å². The summed E-state index contributed by atoms with van der Waals surface area (Å²) < 4.78 is 7.01. The molecule has 3 rings (SSSR count). The van der Waals surface area contributed by atoms with E-state index in [1.54, 1.807) is 22.9 Å². The quantitative estimate of drug-likeness (QED) is 0.921. The highest BCUT2D eigenvalue weighted by atomic mass is 16.5. The maximum absolute atomic E-state index is 12.1. The average Bonchev–Trinajstić information content (AvgIpc) is 3.26. The van der Waals surface area contributed by atoms with Crippen molar-refractivity contribution in [2.45, 2.75) is 18.9 Å². The van der Waals surface area contributed by atoms with Crippen molar-refractivity contribution >= 4 is 5.97 Å². The minimum Gasteiger partial charge on any atom is -0.478 e. The van der Waals surface area contributed by atoms with Crippen molar-refractivity contribution in [3.8, 4) is 11.6 Å². The summed E-state index contributed by atoms with van der Waals surface area (Å²) in [5.74, 6) is -0.808. The van der Waals surface area contributed by atoms with E-state index in [0.29, 0.717) is 0 Å². The molecular formula is C14H12N2O4. The fraction of sp³-hybridized carbons (Fsp3) is 0.214. The molecule has 0 bridgehead atoms. The molecule has 6 nitrogen and oxygen atoms in total.